The van der Waals surface area contributed by atoms with Gasteiger partial charge in [0.15, 0.2) is 0 Å². The maximum atomic E-state index is 13.2. The van der Waals surface area contributed by atoms with Gasteiger partial charge in [-0.15, -0.1) is 0 Å². The van der Waals surface area contributed by atoms with Gasteiger partial charge in [-0.1, -0.05) is 12.1 Å². The van der Waals surface area contributed by atoms with Gasteiger partial charge in [0.2, 0.25) is 5.56 Å². The number of rotatable bonds is 3. The largest absolute Gasteiger partial charge is 0.381 e. The summed E-state index contributed by atoms with van der Waals surface area (Å²) < 4.78 is 18.7. The number of carbonyl (C=O) groups excluding carboxylic acids is 1. The Kier molecular flexibility index (Phi) is 4.49. The number of benzene rings is 1. The highest BCUT2D eigenvalue weighted by Crippen LogP contribution is 2.32. The summed E-state index contributed by atoms with van der Waals surface area (Å²) in [6.07, 6.45) is 1.18. The fourth-order valence-electron chi connectivity index (χ4n) is 3.08. The molecule has 0 aliphatic carbocycles. The molecule has 0 atom stereocenters. The van der Waals surface area contributed by atoms with Gasteiger partial charge in [0, 0.05) is 30.5 Å². The third-order valence-electron chi connectivity index (χ3n) is 4.34. The third-order valence-corrected chi connectivity index (χ3v) is 4.34. The van der Waals surface area contributed by atoms with Gasteiger partial charge in [-0.2, -0.15) is 0 Å². The van der Waals surface area contributed by atoms with Crippen LogP contribution in [0.25, 0.3) is 0 Å². The molecular formula is C18H19FN2O3. The summed E-state index contributed by atoms with van der Waals surface area (Å²) in [5.74, 6) is -0.645. The van der Waals surface area contributed by atoms with Crippen molar-refractivity contribution in [3.05, 3.63) is 69.4 Å². The van der Waals surface area contributed by atoms with Gasteiger partial charge in [0.05, 0.1) is 5.54 Å². The molecule has 0 saturated carbocycles. The number of H-pyrrole nitrogens is 1. The number of nitrogens with one attached hydrogen (secondary N) is 2. The topological polar surface area (TPSA) is 71.2 Å². The van der Waals surface area contributed by atoms with Gasteiger partial charge in [-0.05, 0) is 43.5 Å². The zero-order valence-corrected chi connectivity index (χ0v) is 13.4. The first-order valence-corrected chi connectivity index (χ1v) is 7.86. The highest BCUT2D eigenvalue weighted by molar-refractivity contribution is 5.94. The molecule has 1 aromatic heterocycles. The Labute approximate surface area is 138 Å². The van der Waals surface area contributed by atoms with Crippen molar-refractivity contribution in [1.29, 1.82) is 0 Å². The summed E-state index contributed by atoms with van der Waals surface area (Å²) in [6, 6.07) is 9.05. The predicted molar refractivity (Wildman–Crippen MR) is 87.4 cm³/mol. The lowest BCUT2D eigenvalue weighted by Gasteiger charge is -2.38. The van der Waals surface area contributed by atoms with E-state index < -0.39 is 5.54 Å². The van der Waals surface area contributed by atoms with E-state index in [0.29, 0.717) is 37.3 Å². The molecule has 2 aromatic rings. The standard InChI is InChI=1S/C18H19FN2O3/c1-12-10-13(11-16(22)20-12)17(23)21-18(6-8-24-9-7-18)14-2-4-15(19)5-3-14/h2-5,10-11H,6-9H2,1H3,(H,20,22)(H,21,23). The minimum absolute atomic E-state index is 0.309. The Hall–Kier alpha value is -2.47. The Bertz CT molecular complexity index is 793. The van der Waals surface area contributed by atoms with Crippen LogP contribution in [0.4, 0.5) is 4.39 Å². The van der Waals surface area contributed by atoms with Gasteiger partial charge in [-0.25, -0.2) is 4.39 Å². The minimum Gasteiger partial charge on any atom is -0.381 e. The fourth-order valence-corrected chi connectivity index (χ4v) is 3.08. The zero-order valence-electron chi connectivity index (χ0n) is 13.4. The van der Waals surface area contributed by atoms with Gasteiger partial charge < -0.3 is 15.0 Å². The molecule has 1 fully saturated rings. The maximum absolute atomic E-state index is 13.2. The molecule has 3 rings (SSSR count). The third kappa shape index (κ3) is 3.38. The molecule has 2 heterocycles. The van der Waals surface area contributed by atoms with Crippen LogP contribution in [-0.4, -0.2) is 24.1 Å². The van der Waals surface area contributed by atoms with Crippen molar-refractivity contribution >= 4 is 5.91 Å². The van der Waals surface area contributed by atoms with E-state index in [1.165, 1.54) is 18.2 Å². The molecule has 24 heavy (non-hydrogen) atoms. The quantitative estimate of drug-likeness (QED) is 0.907. The molecule has 2 N–H and O–H groups in total. The van der Waals surface area contributed by atoms with Crippen LogP contribution in [-0.2, 0) is 10.3 Å². The summed E-state index contributed by atoms with van der Waals surface area (Å²) in [7, 11) is 0. The lowest BCUT2D eigenvalue weighted by Crippen LogP contribution is -2.49. The number of aromatic amines is 1. The zero-order chi connectivity index (χ0) is 17.2. The van der Waals surface area contributed by atoms with Crippen LogP contribution >= 0.6 is 0 Å². The Morgan fingerprint density at radius 1 is 1.21 bits per heavy atom. The average molecular weight is 330 g/mol. The molecule has 1 saturated heterocycles. The van der Waals surface area contributed by atoms with Crippen LogP contribution in [0.5, 0.6) is 0 Å². The molecule has 1 aromatic carbocycles. The highest BCUT2D eigenvalue weighted by atomic mass is 19.1. The number of halogens is 1. The first kappa shape index (κ1) is 16.4. The van der Waals surface area contributed by atoms with Crippen LogP contribution in [0.3, 0.4) is 0 Å². The Morgan fingerprint density at radius 3 is 2.50 bits per heavy atom. The molecule has 1 aliphatic heterocycles. The molecule has 0 spiro atoms. The number of aromatic nitrogens is 1. The van der Waals surface area contributed by atoms with E-state index in [1.807, 2.05) is 0 Å². The molecule has 126 valence electrons. The lowest BCUT2D eigenvalue weighted by molar-refractivity contribution is 0.0345. The average Bonchev–Trinajstić information content (AvgIpc) is 2.55. The normalized spacial score (nSPS) is 16.6. The van der Waals surface area contributed by atoms with Crippen molar-refractivity contribution in [2.24, 2.45) is 0 Å². The summed E-state index contributed by atoms with van der Waals surface area (Å²) in [6.45, 7) is 2.74. The van der Waals surface area contributed by atoms with Crippen LogP contribution in [0, 0.1) is 12.7 Å². The van der Waals surface area contributed by atoms with Crippen LogP contribution < -0.4 is 10.9 Å². The molecule has 0 bridgehead atoms. The van der Waals surface area contributed by atoms with E-state index >= 15 is 0 Å². The van der Waals surface area contributed by atoms with E-state index in [1.54, 1.807) is 25.1 Å². The number of aryl methyl sites for hydroxylation is 1. The Balaban J connectivity index is 1.93. The first-order valence-electron chi connectivity index (χ1n) is 7.86. The van der Waals surface area contributed by atoms with Gasteiger partial charge in [0.25, 0.3) is 5.91 Å². The molecule has 0 radical (unpaired) electrons. The van der Waals surface area contributed by atoms with E-state index in [0.717, 1.165) is 5.56 Å². The molecule has 6 heteroatoms. The molecule has 1 aliphatic rings. The second-order valence-electron chi connectivity index (χ2n) is 6.07. The molecule has 0 unspecified atom stereocenters. The highest BCUT2D eigenvalue weighted by Gasteiger charge is 2.36. The number of hydrogen-bond donors (Lipinski definition) is 2. The van der Waals surface area contributed by atoms with Crippen molar-refractivity contribution in [2.75, 3.05) is 13.2 Å². The summed E-state index contributed by atoms with van der Waals surface area (Å²) >= 11 is 0. The van der Waals surface area contributed by atoms with Gasteiger partial charge in [0.1, 0.15) is 5.82 Å². The van der Waals surface area contributed by atoms with Crippen LogP contribution in [0.2, 0.25) is 0 Å². The van der Waals surface area contributed by atoms with Crippen molar-refractivity contribution < 1.29 is 13.9 Å². The van der Waals surface area contributed by atoms with E-state index in [2.05, 4.69) is 10.3 Å². The summed E-state index contributed by atoms with van der Waals surface area (Å²) in [5.41, 5.74) is 0.823. The summed E-state index contributed by atoms with van der Waals surface area (Å²) in [4.78, 5) is 26.9. The second kappa shape index (κ2) is 6.57. The fraction of sp³-hybridized carbons (Fsp3) is 0.333. The maximum Gasteiger partial charge on any atom is 0.252 e. The van der Waals surface area contributed by atoms with E-state index in [9.17, 15) is 14.0 Å². The van der Waals surface area contributed by atoms with E-state index in [-0.39, 0.29) is 17.3 Å². The number of pyridine rings is 1. The van der Waals surface area contributed by atoms with Crippen molar-refractivity contribution in [3.63, 3.8) is 0 Å². The predicted octanol–water partition coefficient (Wildman–Crippen LogP) is 2.26. The SMILES string of the molecule is Cc1cc(C(=O)NC2(c3ccc(F)cc3)CCOCC2)cc(=O)[nH]1. The number of carbonyl (C=O) groups is 1. The van der Waals surface area contributed by atoms with Crippen LogP contribution in [0.15, 0.2) is 41.2 Å². The second-order valence-corrected chi connectivity index (χ2v) is 6.07. The van der Waals surface area contributed by atoms with Gasteiger partial charge in [-0.3, -0.25) is 9.59 Å². The number of ether oxygens (including phenoxy) is 1. The number of amides is 1. The monoisotopic (exact) mass is 330 g/mol. The number of hydrogen-bond acceptors (Lipinski definition) is 3. The first-order chi connectivity index (χ1) is 11.5. The summed E-state index contributed by atoms with van der Waals surface area (Å²) in [5, 5.41) is 3.04. The van der Waals surface area contributed by atoms with Crippen molar-refractivity contribution in [1.82, 2.24) is 10.3 Å². The lowest BCUT2D eigenvalue weighted by atomic mass is 9.82. The van der Waals surface area contributed by atoms with Crippen molar-refractivity contribution in [3.8, 4) is 0 Å². The van der Waals surface area contributed by atoms with Crippen molar-refractivity contribution in [2.45, 2.75) is 25.3 Å². The molecule has 5 nitrogen and oxygen atoms in total. The smallest absolute Gasteiger partial charge is 0.252 e. The van der Waals surface area contributed by atoms with E-state index in [4.69, 9.17) is 4.74 Å². The minimum atomic E-state index is -0.625. The van der Waals surface area contributed by atoms with Crippen LogP contribution in [0.1, 0.15) is 34.5 Å². The molecular weight excluding hydrogens is 311 g/mol. The van der Waals surface area contributed by atoms with Gasteiger partial charge >= 0.3 is 0 Å². The Morgan fingerprint density at radius 2 is 1.88 bits per heavy atom. The molecule has 1 amide bonds.